The molecule has 2 amide bonds. The molecule has 0 unspecified atom stereocenters. The van der Waals surface area contributed by atoms with Crippen molar-refractivity contribution in [1.29, 1.82) is 0 Å². The fraction of sp³-hybridized carbons (Fsp3) is 0.364. The third-order valence-electron chi connectivity index (χ3n) is 5.44. The fourth-order valence-electron chi connectivity index (χ4n) is 3.99. The van der Waals surface area contributed by atoms with Gasteiger partial charge in [-0.3, -0.25) is 9.59 Å². The van der Waals surface area contributed by atoms with Gasteiger partial charge in [0.05, 0.1) is 6.04 Å². The lowest BCUT2D eigenvalue weighted by atomic mass is 10.0. The molecule has 1 saturated heterocycles. The Kier molecular flexibility index (Phi) is 4.74. The number of rotatable bonds is 5. The highest BCUT2D eigenvalue weighted by Crippen LogP contribution is 2.24. The fourth-order valence-corrected chi connectivity index (χ4v) is 3.99. The van der Waals surface area contributed by atoms with Crippen molar-refractivity contribution < 1.29 is 9.59 Å². The zero-order valence-electron chi connectivity index (χ0n) is 14.9. The SMILES string of the molecule is O=C(N[C@H](CN1CCCC1=O)c1ccccc1)c1ccc2c(c1)CCC2. The van der Waals surface area contributed by atoms with Gasteiger partial charge in [0, 0.05) is 25.1 Å². The number of benzene rings is 2. The minimum Gasteiger partial charge on any atom is -0.343 e. The lowest BCUT2D eigenvalue weighted by Gasteiger charge is -2.25. The second-order valence-corrected chi connectivity index (χ2v) is 7.22. The molecule has 0 bridgehead atoms. The molecular weight excluding hydrogens is 324 g/mol. The van der Waals surface area contributed by atoms with E-state index in [-0.39, 0.29) is 17.9 Å². The second kappa shape index (κ2) is 7.32. The molecule has 1 aliphatic carbocycles. The van der Waals surface area contributed by atoms with Crippen molar-refractivity contribution in [2.45, 2.75) is 38.1 Å². The van der Waals surface area contributed by atoms with Crippen molar-refractivity contribution in [2.24, 2.45) is 0 Å². The molecule has 1 atom stereocenters. The first kappa shape index (κ1) is 16.8. The van der Waals surface area contributed by atoms with Crippen LogP contribution in [0.3, 0.4) is 0 Å². The van der Waals surface area contributed by atoms with Crippen LogP contribution in [0.15, 0.2) is 48.5 Å². The maximum absolute atomic E-state index is 12.9. The van der Waals surface area contributed by atoms with E-state index in [0.717, 1.165) is 31.4 Å². The van der Waals surface area contributed by atoms with Gasteiger partial charge >= 0.3 is 0 Å². The Balaban J connectivity index is 1.54. The van der Waals surface area contributed by atoms with Crippen molar-refractivity contribution in [2.75, 3.05) is 13.1 Å². The highest BCUT2D eigenvalue weighted by atomic mass is 16.2. The highest BCUT2D eigenvalue weighted by Gasteiger charge is 2.25. The van der Waals surface area contributed by atoms with Crippen LogP contribution in [0.25, 0.3) is 0 Å². The number of hydrogen-bond acceptors (Lipinski definition) is 2. The Bertz CT molecular complexity index is 816. The lowest BCUT2D eigenvalue weighted by Crippen LogP contribution is -2.38. The summed E-state index contributed by atoms with van der Waals surface area (Å²) in [6, 6.07) is 15.7. The van der Waals surface area contributed by atoms with Crippen molar-refractivity contribution in [3.63, 3.8) is 0 Å². The summed E-state index contributed by atoms with van der Waals surface area (Å²) < 4.78 is 0. The molecule has 4 nitrogen and oxygen atoms in total. The van der Waals surface area contributed by atoms with E-state index in [1.807, 2.05) is 47.4 Å². The van der Waals surface area contributed by atoms with Crippen molar-refractivity contribution in [3.8, 4) is 0 Å². The van der Waals surface area contributed by atoms with Gasteiger partial charge in [0.25, 0.3) is 5.91 Å². The summed E-state index contributed by atoms with van der Waals surface area (Å²) in [5.74, 6) is 0.109. The van der Waals surface area contributed by atoms with Gasteiger partial charge in [0.1, 0.15) is 0 Å². The van der Waals surface area contributed by atoms with Crippen molar-refractivity contribution >= 4 is 11.8 Å². The molecule has 1 aliphatic heterocycles. The average molecular weight is 348 g/mol. The first-order chi connectivity index (χ1) is 12.7. The Morgan fingerprint density at radius 3 is 2.58 bits per heavy atom. The minimum absolute atomic E-state index is 0.0693. The zero-order chi connectivity index (χ0) is 17.9. The van der Waals surface area contributed by atoms with Gasteiger partial charge in [-0.1, -0.05) is 36.4 Å². The number of likely N-dealkylation sites (tertiary alicyclic amines) is 1. The Hall–Kier alpha value is -2.62. The van der Waals surface area contributed by atoms with Crippen LogP contribution in [0.2, 0.25) is 0 Å². The van der Waals surface area contributed by atoms with Gasteiger partial charge in [-0.15, -0.1) is 0 Å². The molecule has 1 fully saturated rings. The number of carbonyl (C=O) groups is 2. The summed E-state index contributed by atoms with van der Waals surface area (Å²) in [5, 5.41) is 3.16. The first-order valence-corrected chi connectivity index (χ1v) is 9.46. The van der Waals surface area contributed by atoms with Gasteiger partial charge in [0.15, 0.2) is 0 Å². The molecule has 1 heterocycles. The van der Waals surface area contributed by atoms with Crippen LogP contribution < -0.4 is 5.32 Å². The van der Waals surface area contributed by atoms with E-state index >= 15 is 0 Å². The molecule has 2 aromatic rings. The standard InChI is InChI=1S/C22H24N2O2/c25-21-10-5-13-24(21)15-20(17-6-2-1-3-7-17)23-22(26)19-12-11-16-8-4-9-18(16)14-19/h1-3,6-7,11-12,14,20H,4-5,8-10,13,15H2,(H,23,26)/t20-/m1/s1. The van der Waals surface area contributed by atoms with Gasteiger partial charge in [-0.25, -0.2) is 0 Å². The normalized spacial score (nSPS) is 17.2. The van der Waals surface area contributed by atoms with E-state index in [1.165, 1.54) is 17.5 Å². The summed E-state index contributed by atoms with van der Waals surface area (Å²) in [7, 11) is 0. The molecule has 2 aliphatic rings. The van der Waals surface area contributed by atoms with Crippen molar-refractivity contribution in [1.82, 2.24) is 10.2 Å². The van der Waals surface area contributed by atoms with Crippen LogP contribution in [0.5, 0.6) is 0 Å². The number of hydrogen-bond donors (Lipinski definition) is 1. The Morgan fingerprint density at radius 1 is 1.00 bits per heavy atom. The van der Waals surface area contributed by atoms with Crippen LogP contribution in [0.1, 0.15) is 52.4 Å². The predicted octanol–water partition coefficient (Wildman–Crippen LogP) is 3.27. The summed E-state index contributed by atoms with van der Waals surface area (Å²) in [5.41, 5.74) is 4.40. The molecule has 26 heavy (non-hydrogen) atoms. The Labute approximate surface area is 154 Å². The number of aryl methyl sites for hydroxylation is 2. The van der Waals surface area contributed by atoms with Crippen LogP contribution in [0, 0.1) is 0 Å². The van der Waals surface area contributed by atoms with Crippen LogP contribution in [-0.2, 0) is 17.6 Å². The molecule has 0 aromatic heterocycles. The average Bonchev–Trinajstić information content (AvgIpc) is 3.30. The van der Waals surface area contributed by atoms with Crippen LogP contribution in [0.4, 0.5) is 0 Å². The van der Waals surface area contributed by atoms with E-state index in [9.17, 15) is 9.59 Å². The van der Waals surface area contributed by atoms with Gasteiger partial charge in [-0.05, 0) is 54.5 Å². The number of nitrogens with one attached hydrogen (secondary N) is 1. The van der Waals surface area contributed by atoms with E-state index in [2.05, 4.69) is 11.4 Å². The maximum Gasteiger partial charge on any atom is 0.251 e. The molecule has 0 radical (unpaired) electrons. The number of fused-ring (bicyclic) bond motifs is 1. The van der Waals surface area contributed by atoms with Gasteiger partial charge in [-0.2, -0.15) is 0 Å². The van der Waals surface area contributed by atoms with E-state index in [0.29, 0.717) is 18.5 Å². The maximum atomic E-state index is 12.9. The lowest BCUT2D eigenvalue weighted by molar-refractivity contribution is -0.128. The van der Waals surface area contributed by atoms with Crippen molar-refractivity contribution in [3.05, 3.63) is 70.8 Å². The monoisotopic (exact) mass is 348 g/mol. The Morgan fingerprint density at radius 2 is 1.81 bits per heavy atom. The van der Waals surface area contributed by atoms with Gasteiger partial charge < -0.3 is 10.2 Å². The topological polar surface area (TPSA) is 49.4 Å². The molecule has 0 spiro atoms. The largest absolute Gasteiger partial charge is 0.343 e. The number of nitrogens with zero attached hydrogens (tertiary/aromatic N) is 1. The molecular formula is C22H24N2O2. The number of carbonyl (C=O) groups excluding carboxylic acids is 2. The predicted molar refractivity (Wildman–Crippen MR) is 101 cm³/mol. The molecule has 4 heteroatoms. The third-order valence-corrected chi connectivity index (χ3v) is 5.44. The molecule has 1 N–H and O–H groups in total. The second-order valence-electron chi connectivity index (χ2n) is 7.22. The smallest absolute Gasteiger partial charge is 0.251 e. The quantitative estimate of drug-likeness (QED) is 0.901. The minimum atomic E-state index is -0.195. The molecule has 4 rings (SSSR count). The summed E-state index contributed by atoms with van der Waals surface area (Å²) >= 11 is 0. The third kappa shape index (κ3) is 3.50. The van der Waals surface area contributed by atoms with Crippen LogP contribution in [-0.4, -0.2) is 29.8 Å². The molecule has 134 valence electrons. The zero-order valence-corrected chi connectivity index (χ0v) is 14.9. The first-order valence-electron chi connectivity index (χ1n) is 9.46. The van der Waals surface area contributed by atoms with E-state index in [1.54, 1.807) is 0 Å². The van der Waals surface area contributed by atoms with Crippen LogP contribution >= 0.6 is 0 Å². The number of amides is 2. The van der Waals surface area contributed by atoms with Gasteiger partial charge in [0.2, 0.25) is 5.91 Å². The summed E-state index contributed by atoms with van der Waals surface area (Å²) in [4.78, 5) is 26.8. The highest BCUT2D eigenvalue weighted by molar-refractivity contribution is 5.94. The summed E-state index contributed by atoms with van der Waals surface area (Å²) in [6.07, 6.45) is 4.85. The molecule has 2 aromatic carbocycles. The van der Waals surface area contributed by atoms with E-state index in [4.69, 9.17) is 0 Å². The van der Waals surface area contributed by atoms with E-state index < -0.39 is 0 Å². The molecule has 0 saturated carbocycles. The summed E-state index contributed by atoms with van der Waals surface area (Å²) in [6.45, 7) is 1.30.